The lowest BCUT2D eigenvalue weighted by atomic mass is 10.3. The van der Waals surface area contributed by atoms with Crippen LogP contribution in [0.1, 0.15) is 12.6 Å². The van der Waals surface area contributed by atoms with Crippen LogP contribution in [0.15, 0.2) is 5.18 Å². The van der Waals surface area contributed by atoms with Gasteiger partial charge in [0.1, 0.15) is 0 Å². The lowest BCUT2D eigenvalue weighted by molar-refractivity contribution is 0.312. The fourth-order valence-corrected chi connectivity index (χ4v) is 0.869. The maximum absolute atomic E-state index is 10.3. The van der Waals surface area contributed by atoms with Crippen LogP contribution in [0.4, 0.5) is 11.5 Å². The van der Waals surface area contributed by atoms with Crippen molar-refractivity contribution in [2.75, 3.05) is 12.3 Å². The van der Waals surface area contributed by atoms with E-state index in [-0.39, 0.29) is 17.5 Å². The van der Waals surface area contributed by atoms with Gasteiger partial charge >= 0.3 is 6.01 Å². The molecule has 13 heavy (non-hydrogen) atoms. The molecule has 0 fully saturated rings. The molecule has 1 aromatic rings. The highest BCUT2D eigenvalue weighted by molar-refractivity contribution is 5.60. The molecular formula is C7H10N4O2. The summed E-state index contributed by atoms with van der Waals surface area (Å²) in [5.41, 5.74) is 5.93. The zero-order valence-electron chi connectivity index (χ0n) is 7.44. The number of rotatable bonds is 3. The summed E-state index contributed by atoms with van der Waals surface area (Å²) in [6, 6.07) is 0.171. The molecule has 6 nitrogen and oxygen atoms in total. The van der Waals surface area contributed by atoms with Gasteiger partial charge in [0.25, 0.3) is 0 Å². The van der Waals surface area contributed by atoms with Gasteiger partial charge in [0, 0.05) is 0 Å². The number of nitroso groups, excluding NO2 is 1. The molecule has 6 heteroatoms. The summed E-state index contributed by atoms with van der Waals surface area (Å²) < 4.78 is 5.02. The highest BCUT2D eigenvalue weighted by atomic mass is 16.5. The Morgan fingerprint density at radius 1 is 1.54 bits per heavy atom. The van der Waals surface area contributed by atoms with Crippen molar-refractivity contribution < 1.29 is 4.74 Å². The minimum absolute atomic E-state index is 0.0472. The van der Waals surface area contributed by atoms with Gasteiger partial charge in [-0.1, -0.05) is 0 Å². The summed E-state index contributed by atoms with van der Waals surface area (Å²) in [6.07, 6.45) is 0. The van der Waals surface area contributed by atoms with Crippen LogP contribution >= 0.6 is 0 Å². The quantitative estimate of drug-likeness (QED) is 0.708. The van der Waals surface area contributed by atoms with Crippen molar-refractivity contribution in [3.63, 3.8) is 0 Å². The summed E-state index contributed by atoms with van der Waals surface area (Å²) in [5.74, 6) is 0.0472. The van der Waals surface area contributed by atoms with E-state index >= 15 is 0 Å². The number of hydrogen-bond acceptors (Lipinski definition) is 6. The second-order valence-electron chi connectivity index (χ2n) is 2.35. The summed E-state index contributed by atoms with van der Waals surface area (Å²) in [6.45, 7) is 3.88. The molecule has 0 atom stereocenters. The topological polar surface area (TPSA) is 90.5 Å². The summed E-state index contributed by atoms with van der Waals surface area (Å²) in [4.78, 5) is 17.9. The molecule has 1 aromatic heterocycles. The summed E-state index contributed by atoms with van der Waals surface area (Å²) in [5, 5.41) is 2.72. The van der Waals surface area contributed by atoms with E-state index in [4.69, 9.17) is 10.5 Å². The molecular weight excluding hydrogens is 172 g/mol. The Bertz CT molecular complexity index is 303. The van der Waals surface area contributed by atoms with Gasteiger partial charge in [-0.3, -0.25) is 0 Å². The van der Waals surface area contributed by atoms with Crippen molar-refractivity contribution in [1.82, 2.24) is 9.97 Å². The Morgan fingerprint density at radius 2 is 2.23 bits per heavy atom. The van der Waals surface area contributed by atoms with E-state index in [1.54, 1.807) is 13.8 Å². The van der Waals surface area contributed by atoms with Crippen molar-refractivity contribution in [2.45, 2.75) is 13.8 Å². The van der Waals surface area contributed by atoms with Crippen LogP contribution in [0.2, 0.25) is 0 Å². The van der Waals surface area contributed by atoms with E-state index in [1.807, 2.05) is 0 Å². The number of anilines is 1. The standard InChI is InChI=1S/C7H10N4O2/c1-3-13-7-9-4(2)5(11-12)6(8)10-7/h3H2,1-2H3,(H2,8,9,10). The molecule has 0 amide bonds. The highest BCUT2D eigenvalue weighted by Crippen LogP contribution is 2.24. The van der Waals surface area contributed by atoms with Gasteiger partial charge in [-0.15, -0.1) is 4.91 Å². The molecule has 0 aliphatic heterocycles. The zero-order valence-corrected chi connectivity index (χ0v) is 7.44. The maximum Gasteiger partial charge on any atom is 0.318 e. The molecule has 0 saturated carbocycles. The summed E-state index contributed by atoms with van der Waals surface area (Å²) >= 11 is 0. The van der Waals surface area contributed by atoms with Crippen LogP contribution in [0.25, 0.3) is 0 Å². The maximum atomic E-state index is 10.3. The molecule has 70 valence electrons. The normalized spacial score (nSPS) is 9.69. The molecule has 0 aromatic carbocycles. The third-order valence-corrected chi connectivity index (χ3v) is 1.43. The van der Waals surface area contributed by atoms with Crippen molar-refractivity contribution in [1.29, 1.82) is 0 Å². The zero-order chi connectivity index (χ0) is 9.84. The van der Waals surface area contributed by atoms with Crippen LogP contribution in [-0.4, -0.2) is 16.6 Å². The summed E-state index contributed by atoms with van der Waals surface area (Å²) in [7, 11) is 0. The Kier molecular flexibility index (Phi) is 2.73. The first-order valence-electron chi connectivity index (χ1n) is 3.79. The molecule has 1 rings (SSSR count). The predicted octanol–water partition coefficient (Wildman–Crippen LogP) is 1.16. The number of nitrogens with zero attached hydrogens (tertiary/aromatic N) is 3. The van der Waals surface area contributed by atoms with Gasteiger partial charge in [-0.2, -0.15) is 9.97 Å². The van der Waals surface area contributed by atoms with Crippen LogP contribution in [0.5, 0.6) is 6.01 Å². The highest BCUT2D eigenvalue weighted by Gasteiger charge is 2.09. The Labute approximate surface area is 75.1 Å². The molecule has 0 radical (unpaired) electrons. The number of nitrogen functional groups attached to an aromatic ring is 1. The monoisotopic (exact) mass is 182 g/mol. The lowest BCUT2D eigenvalue weighted by Crippen LogP contribution is -2.02. The first-order chi connectivity index (χ1) is 6.19. The number of nitrogens with two attached hydrogens (primary N) is 1. The Balaban J connectivity index is 3.12. The fraction of sp³-hybridized carbons (Fsp3) is 0.429. The van der Waals surface area contributed by atoms with Gasteiger partial charge in [0.15, 0.2) is 11.5 Å². The molecule has 0 spiro atoms. The lowest BCUT2D eigenvalue weighted by Gasteiger charge is -2.04. The third kappa shape index (κ3) is 1.90. The van der Waals surface area contributed by atoms with E-state index in [1.165, 1.54) is 0 Å². The number of aryl methyl sites for hydroxylation is 1. The van der Waals surface area contributed by atoms with Crippen molar-refractivity contribution in [3.05, 3.63) is 10.6 Å². The third-order valence-electron chi connectivity index (χ3n) is 1.43. The second kappa shape index (κ2) is 3.79. The van der Waals surface area contributed by atoms with E-state index in [0.29, 0.717) is 12.3 Å². The van der Waals surface area contributed by atoms with E-state index in [9.17, 15) is 4.91 Å². The molecule has 0 bridgehead atoms. The molecule has 0 aliphatic carbocycles. The molecule has 2 N–H and O–H groups in total. The number of hydrogen-bond donors (Lipinski definition) is 1. The molecule has 1 heterocycles. The largest absolute Gasteiger partial charge is 0.464 e. The smallest absolute Gasteiger partial charge is 0.318 e. The Hall–Kier alpha value is -1.72. The van der Waals surface area contributed by atoms with Gasteiger partial charge in [0.2, 0.25) is 0 Å². The van der Waals surface area contributed by atoms with Crippen LogP contribution in [-0.2, 0) is 0 Å². The fourth-order valence-electron chi connectivity index (χ4n) is 0.869. The molecule has 0 unspecified atom stereocenters. The van der Waals surface area contributed by atoms with Crippen LogP contribution in [0.3, 0.4) is 0 Å². The first-order valence-corrected chi connectivity index (χ1v) is 3.79. The van der Waals surface area contributed by atoms with Crippen molar-refractivity contribution in [3.8, 4) is 6.01 Å². The minimum atomic E-state index is 0.0472. The molecule has 0 saturated heterocycles. The average Bonchev–Trinajstić information content (AvgIpc) is 2.04. The SMILES string of the molecule is CCOc1nc(C)c(N=O)c(N)n1. The van der Waals surface area contributed by atoms with Gasteiger partial charge in [0.05, 0.1) is 12.3 Å². The van der Waals surface area contributed by atoms with Crippen molar-refractivity contribution >= 4 is 11.5 Å². The van der Waals surface area contributed by atoms with E-state index < -0.39 is 0 Å². The van der Waals surface area contributed by atoms with Gasteiger partial charge < -0.3 is 10.5 Å². The first kappa shape index (κ1) is 9.37. The number of aromatic nitrogens is 2. The minimum Gasteiger partial charge on any atom is -0.464 e. The van der Waals surface area contributed by atoms with Crippen molar-refractivity contribution in [2.24, 2.45) is 5.18 Å². The van der Waals surface area contributed by atoms with E-state index in [0.717, 1.165) is 0 Å². The van der Waals surface area contributed by atoms with Gasteiger partial charge in [-0.05, 0) is 19.0 Å². The second-order valence-corrected chi connectivity index (χ2v) is 2.35. The van der Waals surface area contributed by atoms with Crippen LogP contribution < -0.4 is 10.5 Å². The predicted molar refractivity (Wildman–Crippen MR) is 47.8 cm³/mol. The Morgan fingerprint density at radius 3 is 2.69 bits per heavy atom. The van der Waals surface area contributed by atoms with E-state index in [2.05, 4.69) is 15.1 Å². The van der Waals surface area contributed by atoms with Gasteiger partial charge in [-0.25, -0.2) is 0 Å². The number of ether oxygens (including phenoxy) is 1. The molecule has 0 aliphatic rings. The average molecular weight is 182 g/mol. The van der Waals surface area contributed by atoms with Crippen LogP contribution in [0, 0.1) is 11.8 Å².